The Balaban J connectivity index is 1.66. The molecule has 1 saturated heterocycles. The predicted molar refractivity (Wildman–Crippen MR) is 112 cm³/mol. The number of methoxy groups -OCH3 is 1. The molecule has 1 aliphatic heterocycles. The minimum atomic E-state index is -0.720. The SMILES string of the molecule is COc1ccc(OC(C)C(=O)Nc2ccccc2C(=O)N2CCC(C)CC2)cc1. The number of hydrogen-bond acceptors (Lipinski definition) is 4. The van der Waals surface area contributed by atoms with Crippen molar-refractivity contribution < 1.29 is 19.1 Å². The number of para-hydroxylation sites is 1. The Morgan fingerprint density at radius 3 is 2.31 bits per heavy atom. The molecule has 29 heavy (non-hydrogen) atoms. The molecular weight excluding hydrogens is 368 g/mol. The van der Waals surface area contributed by atoms with Crippen LogP contribution in [-0.2, 0) is 4.79 Å². The number of likely N-dealkylation sites (tertiary alicyclic amines) is 1. The van der Waals surface area contributed by atoms with Crippen molar-refractivity contribution in [2.75, 3.05) is 25.5 Å². The number of ether oxygens (including phenoxy) is 2. The molecule has 0 bridgehead atoms. The number of carbonyl (C=O) groups is 2. The molecule has 2 aromatic carbocycles. The number of rotatable bonds is 6. The number of nitrogens with one attached hydrogen (secondary N) is 1. The van der Waals surface area contributed by atoms with Gasteiger partial charge < -0.3 is 19.7 Å². The molecule has 0 spiro atoms. The van der Waals surface area contributed by atoms with E-state index in [0.29, 0.717) is 28.7 Å². The summed E-state index contributed by atoms with van der Waals surface area (Å²) in [5, 5.41) is 2.85. The predicted octanol–water partition coefficient (Wildman–Crippen LogP) is 3.97. The van der Waals surface area contributed by atoms with Crippen LogP contribution in [0.1, 0.15) is 37.0 Å². The van der Waals surface area contributed by atoms with Crippen LogP contribution in [0.2, 0.25) is 0 Å². The normalized spacial score (nSPS) is 15.5. The van der Waals surface area contributed by atoms with Gasteiger partial charge in [-0.15, -0.1) is 0 Å². The minimum absolute atomic E-state index is 0.0449. The van der Waals surface area contributed by atoms with E-state index in [1.165, 1.54) is 0 Å². The number of amides is 2. The molecule has 6 nitrogen and oxygen atoms in total. The van der Waals surface area contributed by atoms with E-state index in [0.717, 1.165) is 25.9 Å². The molecular formula is C23H28N2O4. The van der Waals surface area contributed by atoms with Crippen LogP contribution in [0.15, 0.2) is 48.5 Å². The Hall–Kier alpha value is -3.02. The highest BCUT2D eigenvalue weighted by Crippen LogP contribution is 2.23. The minimum Gasteiger partial charge on any atom is -0.497 e. The van der Waals surface area contributed by atoms with Gasteiger partial charge in [0.25, 0.3) is 11.8 Å². The highest BCUT2D eigenvalue weighted by molar-refractivity contribution is 6.04. The lowest BCUT2D eigenvalue weighted by Gasteiger charge is -2.31. The third kappa shape index (κ3) is 5.28. The highest BCUT2D eigenvalue weighted by atomic mass is 16.5. The standard InChI is InChI=1S/C23H28N2O4/c1-16-12-14-25(15-13-16)23(27)20-6-4-5-7-21(20)24-22(26)17(2)29-19-10-8-18(28-3)9-11-19/h4-11,16-17H,12-15H2,1-3H3,(H,24,26). The van der Waals surface area contributed by atoms with Crippen molar-refractivity contribution in [3.63, 3.8) is 0 Å². The van der Waals surface area contributed by atoms with Crippen LogP contribution >= 0.6 is 0 Å². The molecule has 1 fully saturated rings. The van der Waals surface area contributed by atoms with Crippen molar-refractivity contribution in [1.82, 2.24) is 4.90 Å². The Labute approximate surface area is 171 Å². The van der Waals surface area contributed by atoms with Gasteiger partial charge >= 0.3 is 0 Å². The molecule has 0 aromatic heterocycles. The van der Waals surface area contributed by atoms with Gasteiger partial charge in [-0.05, 0) is 62.1 Å². The van der Waals surface area contributed by atoms with E-state index in [1.54, 1.807) is 56.5 Å². The second-order valence-electron chi connectivity index (χ2n) is 7.45. The molecule has 2 aromatic rings. The van der Waals surface area contributed by atoms with Crippen molar-refractivity contribution >= 4 is 17.5 Å². The maximum absolute atomic E-state index is 13.0. The number of hydrogen-bond donors (Lipinski definition) is 1. The first-order chi connectivity index (χ1) is 14.0. The monoisotopic (exact) mass is 396 g/mol. The first kappa shape index (κ1) is 20.7. The summed E-state index contributed by atoms with van der Waals surface area (Å²) in [4.78, 5) is 27.5. The van der Waals surface area contributed by atoms with Crippen LogP contribution in [-0.4, -0.2) is 43.0 Å². The van der Waals surface area contributed by atoms with Crippen molar-refractivity contribution in [3.05, 3.63) is 54.1 Å². The Kier molecular flexibility index (Phi) is 6.75. The molecule has 1 unspecified atom stereocenters. The van der Waals surface area contributed by atoms with E-state index in [2.05, 4.69) is 12.2 Å². The molecule has 6 heteroatoms. The molecule has 0 radical (unpaired) electrons. The smallest absolute Gasteiger partial charge is 0.265 e. The largest absolute Gasteiger partial charge is 0.497 e. The first-order valence-electron chi connectivity index (χ1n) is 9.98. The molecule has 0 aliphatic carbocycles. The zero-order valence-corrected chi connectivity index (χ0v) is 17.2. The van der Waals surface area contributed by atoms with Crippen molar-refractivity contribution in [1.29, 1.82) is 0 Å². The van der Waals surface area contributed by atoms with Gasteiger partial charge in [-0.25, -0.2) is 0 Å². The maximum atomic E-state index is 13.0. The van der Waals surface area contributed by atoms with Crippen LogP contribution in [0.25, 0.3) is 0 Å². The van der Waals surface area contributed by atoms with E-state index in [9.17, 15) is 9.59 Å². The maximum Gasteiger partial charge on any atom is 0.265 e. The molecule has 1 aliphatic rings. The number of carbonyl (C=O) groups excluding carboxylic acids is 2. The van der Waals surface area contributed by atoms with E-state index in [1.807, 2.05) is 11.0 Å². The van der Waals surface area contributed by atoms with E-state index in [-0.39, 0.29) is 11.8 Å². The number of piperidine rings is 1. The van der Waals surface area contributed by atoms with Crippen molar-refractivity contribution in [2.24, 2.45) is 5.92 Å². The zero-order chi connectivity index (χ0) is 20.8. The fraction of sp³-hybridized carbons (Fsp3) is 0.391. The summed E-state index contributed by atoms with van der Waals surface area (Å²) >= 11 is 0. The Morgan fingerprint density at radius 2 is 1.66 bits per heavy atom. The van der Waals surface area contributed by atoms with Crippen LogP contribution in [0.5, 0.6) is 11.5 Å². The van der Waals surface area contributed by atoms with Gasteiger partial charge in [0.2, 0.25) is 0 Å². The van der Waals surface area contributed by atoms with E-state index in [4.69, 9.17) is 9.47 Å². The Bertz CT molecular complexity index is 842. The van der Waals surface area contributed by atoms with Crippen LogP contribution in [0.4, 0.5) is 5.69 Å². The molecule has 154 valence electrons. The third-order valence-electron chi connectivity index (χ3n) is 5.23. The summed E-state index contributed by atoms with van der Waals surface area (Å²) in [5.74, 6) is 1.57. The summed E-state index contributed by atoms with van der Waals surface area (Å²) in [6.45, 7) is 5.38. The van der Waals surface area contributed by atoms with Crippen molar-refractivity contribution in [2.45, 2.75) is 32.8 Å². The molecule has 1 atom stereocenters. The van der Waals surface area contributed by atoms with Crippen molar-refractivity contribution in [3.8, 4) is 11.5 Å². The highest BCUT2D eigenvalue weighted by Gasteiger charge is 2.24. The van der Waals surface area contributed by atoms with Gasteiger partial charge in [-0.3, -0.25) is 9.59 Å². The quantitative estimate of drug-likeness (QED) is 0.802. The second-order valence-corrected chi connectivity index (χ2v) is 7.45. The average Bonchev–Trinajstić information content (AvgIpc) is 2.74. The van der Waals surface area contributed by atoms with Gasteiger partial charge in [0.15, 0.2) is 6.10 Å². The van der Waals surface area contributed by atoms with Crippen LogP contribution < -0.4 is 14.8 Å². The average molecular weight is 396 g/mol. The van der Waals surface area contributed by atoms with Crippen LogP contribution in [0.3, 0.4) is 0 Å². The first-order valence-corrected chi connectivity index (χ1v) is 9.98. The fourth-order valence-corrected chi connectivity index (χ4v) is 3.31. The number of anilines is 1. The third-order valence-corrected chi connectivity index (χ3v) is 5.23. The summed E-state index contributed by atoms with van der Waals surface area (Å²) < 4.78 is 10.8. The van der Waals surface area contributed by atoms with Gasteiger partial charge in [-0.1, -0.05) is 19.1 Å². The molecule has 0 saturated carbocycles. The van der Waals surface area contributed by atoms with E-state index < -0.39 is 6.10 Å². The lowest BCUT2D eigenvalue weighted by atomic mass is 9.98. The summed E-state index contributed by atoms with van der Waals surface area (Å²) in [7, 11) is 1.59. The summed E-state index contributed by atoms with van der Waals surface area (Å²) in [5.41, 5.74) is 1.01. The summed E-state index contributed by atoms with van der Waals surface area (Å²) in [6.07, 6.45) is 1.29. The topological polar surface area (TPSA) is 67.9 Å². The molecule has 1 N–H and O–H groups in total. The van der Waals surface area contributed by atoms with Crippen LogP contribution in [0, 0.1) is 5.92 Å². The number of nitrogens with zero attached hydrogens (tertiary/aromatic N) is 1. The van der Waals surface area contributed by atoms with E-state index >= 15 is 0 Å². The summed E-state index contributed by atoms with van der Waals surface area (Å²) in [6, 6.07) is 14.2. The lowest BCUT2D eigenvalue weighted by Crippen LogP contribution is -2.38. The molecule has 1 heterocycles. The van der Waals surface area contributed by atoms with Gasteiger partial charge in [-0.2, -0.15) is 0 Å². The van der Waals surface area contributed by atoms with Gasteiger partial charge in [0, 0.05) is 13.1 Å². The zero-order valence-electron chi connectivity index (χ0n) is 17.2. The van der Waals surface area contributed by atoms with Gasteiger partial charge in [0.05, 0.1) is 18.4 Å². The van der Waals surface area contributed by atoms with Gasteiger partial charge in [0.1, 0.15) is 11.5 Å². The Morgan fingerprint density at radius 1 is 1.03 bits per heavy atom. The molecule has 3 rings (SSSR count). The lowest BCUT2D eigenvalue weighted by molar-refractivity contribution is -0.122. The number of benzene rings is 2. The molecule has 2 amide bonds. The fourth-order valence-electron chi connectivity index (χ4n) is 3.31. The second kappa shape index (κ2) is 9.45.